The summed E-state index contributed by atoms with van der Waals surface area (Å²) in [5.41, 5.74) is 0. The van der Waals surface area contributed by atoms with E-state index in [-0.39, 0.29) is 12.4 Å². The first-order valence-corrected chi connectivity index (χ1v) is 6.47. The third-order valence-corrected chi connectivity index (χ3v) is 3.34. The van der Waals surface area contributed by atoms with Crippen molar-refractivity contribution in [2.75, 3.05) is 38.1 Å². The lowest BCUT2D eigenvalue weighted by atomic mass is 9.99. The Morgan fingerprint density at radius 1 is 1.56 bits per heavy atom. The molecule has 5 heteroatoms. The molecule has 1 fully saturated rings. The molecule has 0 radical (unpaired) electrons. The lowest BCUT2D eigenvalue weighted by Crippen LogP contribution is -2.39. The average Bonchev–Trinajstić information content (AvgIpc) is 2.41. The summed E-state index contributed by atoms with van der Waals surface area (Å²) in [7, 11) is 0. The summed E-state index contributed by atoms with van der Waals surface area (Å²) in [6.45, 7) is 3.78. The van der Waals surface area contributed by atoms with E-state index in [1.165, 1.54) is 6.07 Å². The Kier molecular flexibility index (Phi) is 4.90. The number of rotatable bonds is 5. The number of aliphatic hydroxyl groups excluding tert-OH is 1. The number of nitrogens with one attached hydrogen (secondary N) is 1. The molecule has 0 aromatic carbocycles. The van der Waals surface area contributed by atoms with Gasteiger partial charge in [0.05, 0.1) is 0 Å². The van der Waals surface area contributed by atoms with Gasteiger partial charge in [0.2, 0.25) is 0 Å². The van der Waals surface area contributed by atoms with E-state index in [0.717, 1.165) is 32.5 Å². The minimum atomic E-state index is -0.315. The van der Waals surface area contributed by atoms with Crippen molar-refractivity contribution in [1.29, 1.82) is 0 Å². The van der Waals surface area contributed by atoms with E-state index in [4.69, 9.17) is 5.11 Å². The van der Waals surface area contributed by atoms with Crippen LogP contribution < -0.4 is 5.32 Å². The molecule has 2 heterocycles. The van der Waals surface area contributed by atoms with Crippen molar-refractivity contribution in [3.8, 4) is 0 Å². The Bertz CT molecular complexity index is 375. The van der Waals surface area contributed by atoms with Gasteiger partial charge in [0.25, 0.3) is 0 Å². The standard InChI is InChI=1S/C13H20FN3O/c14-12-4-1-5-15-13(12)16-6-8-17-7-2-3-11(9-17)10-18/h1,4-5,11,18H,2-3,6-10H2,(H,15,16). The molecular weight excluding hydrogens is 233 g/mol. The largest absolute Gasteiger partial charge is 0.396 e. The van der Waals surface area contributed by atoms with Gasteiger partial charge in [-0.25, -0.2) is 9.37 Å². The third-order valence-electron chi connectivity index (χ3n) is 3.34. The van der Waals surface area contributed by atoms with Gasteiger partial charge >= 0.3 is 0 Å². The summed E-state index contributed by atoms with van der Waals surface area (Å²) in [5.74, 6) is 0.392. The Morgan fingerprint density at radius 3 is 3.22 bits per heavy atom. The molecule has 18 heavy (non-hydrogen) atoms. The fourth-order valence-electron chi connectivity index (χ4n) is 2.35. The zero-order chi connectivity index (χ0) is 12.8. The number of halogens is 1. The number of aliphatic hydroxyl groups is 1. The molecular formula is C13H20FN3O. The van der Waals surface area contributed by atoms with Crippen LogP contribution in [0.2, 0.25) is 0 Å². The predicted molar refractivity (Wildman–Crippen MR) is 68.9 cm³/mol. The second kappa shape index (κ2) is 6.66. The number of anilines is 1. The number of pyridine rings is 1. The van der Waals surface area contributed by atoms with Crippen molar-refractivity contribution < 1.29 is 9.50 Å². The molecule has 0 bridgehead atoms. The number of aromatic nitrogens is 1. The van der Waals surface area contributed by atoms with Crippen LogP contribution in [0, 0.1) is 11.7 Å². The number of hydrogen-bond acceptors (Lipinski definition) is 4. The molecule has 1 aromatic rings. The van der Waals surface area contributed by atoms with Crippen molar-refractivity contribution in [3.05, 3.63) is 24.1 Å². The van der Waals surface area contributed by atoms with Crippen LogP contribution in [-0.4, -0.2) is 47.8 Å². The van der Waals surface area contributed by atoms with Crippen LogP contribution in [0.5, 0.6) is 0 Å². The van der Waals surface area contributed by atoms with E-state index in [0.29, 0.717) is 18.3 Å². The van der Waals surface area contributed by atoms with Gasteiger partial charge in [0.15, 0.2) is 11.6 Å². The Balaban J connectivity index is 1.73. The molecule has 1 saturated heterocycles. The van der Waals surface area contributed by atoms with Crippen molar-refractivity contribution in [2.45, 2.75) is 12.8 Å². The van der Waals surface area contributed by atoms with E-state index in [2.05, 4.69) is 15.2 Å². The van der Waals surface area contributed by atoms with Gasteiger partial charge in [-0.05, 0) is 37.4 Å². The summed E-state index contributed by atoms with van der Waals surface area (Å²) < 4.78 is 13.3. The molecule has 0 spiro atoms. The summed E-state index contributed by atoms with van der Waals surface area (Å²) in [4.78, 5) is 6.25. The lowest BCUT2D eigenvalue weighted by Gasteiger charge is -2.31. The number of nitrogens with zero attached hydrogens (tertiary/aromatic N) is 2. The number of piperidine rings is 1. The first-order valence-electron chi connectivity index (χ1n) is 6.47. The smallest absolute Gasteiger partial charge is 0.165 e. The number of likely N-dealkylation sites (tertiary alicyclic amines) is 1. The average molecular weight is 253 g/mol. The quantitative estimate of drug-likeness (QED) is 0.831. The summed E-state index contributed by atoms with van der Waals surface area (Å²) >= 11 is 0. The summed E-state index contributed by atoms with van der Waals surface area (Å²) in [5, 5.41) is 12.1. The first kappa shape index (κ1) is 13.2. The fourth-order valence-corrected chi connectivity index (χ4v) is 2.35. The van der Waals surface area contributed by atoms with Crippen molar-refractivity contribution in [2.24, 2.45) is 5.92 Å². The van der Waals surface area contributed by atoms with Gasteiger partial charge in [-0.15, -0.1) is 0 Å². The lowest BCUT2D eigenvalue weighted by molar-refractivity contribution is 0.123. The van der Waals surface area contributed by atoms with Gasteiger partial charge in [0, 0.05) is 32.4 Å². The van der Waals surface area contributed by atoms with Crippen LogP contribution >= 0.6 is 0 Å². The zero-order valence-corrected chi connectivity index (χ0v) is 10.5. The molecule has 1 aliphatic heterocycles. The van der Waals surface area contributed by atoms with Gasteiger partial charge in [-0.3, -0.25) is 0 Å². The molecule has 2 N–H and O–H groups in total. The Hall–Kier alpha value is -1.20. The molecule has 100 valence electrons. The minimum absolute atomic E-state index is 0.263. The first-order chi connectivity index (χ1) is 8.79. The molecule has 2 rings (SSSR count). The normalized spacial score (nSPS) is 20.9. The predicted octanol–water partition coefficient (Wildman–Crippen LogP) is 1.34. The molecule has 1 unspecified atom stereocenters. The highest BCUT2D eigenvalue weighted by Crippen LogP contribution is 2.15. The van der Waals surface area contributed by atoms with Crippen LogP contribution in [0.3, 0.4) is 0 Å². The van der Waals surface area contributed by atoms with E-state index >= 15 is 0 Å². The highest BCUT2D eigenvalue weighted by molar-refractivity contribution is 5.35. The van der Waals surface area contributed by atoms with Crippen molar-refractivity contribution in [1.82, 2.24) is 9.88 Å². The van der Waals surface area contributed by atoms with Crippen molar-refractivity contribution in [3.63, 3.8) is 0 Å². The summed E-state index contributed by atoms with van der Waals surface area (Å²) in [6.07, 6.45) is 3.81. The zero-order valence-electron chi connectivity index (χ0n) is 10.5. The molecule has 4 nitrogen and oxygen atoms in total. The van der Waals surface area contributed by atoms with Gasteiger partial charge in [-0.1, -0.05) is 0 Å². The van der Waals surface area contributed by atoms with Crippen LogP contribution in [0.15, 0.2) is 18.3 Å². The van der Waals surface area contributed by atoms with Gasteiger partial charge in [0.1, 0.15) is 0 Å². The van der Waals surface area contributed by atoms with E-state index < -0.39 is 0 Å². The maximum absolute atomic E-state index is 13.3. The molecule has 1 atom stereocenters. The SMILES string of the molecule is OCC1CCCN(CCNc2ncccc2F)C1. The van der Waals surface area contributed by atoms with Crippen LogP contribution in [0.4, 0.5) is 10.2 Å². The third kappa shape index (κ3) is 3.65. The van der Waals surface area contributed by atoms with E-state index in [9.17, 15) is 4.39 Å². The maximum Gasteiger partial charge on any atom is 0.165 e. The molecule has 0 saturated carbocycles. The fraction of sp³-hybridized carbons (Fsp3) is 0.615. The second-order valence-electron chi connectivity index (χ2n) is 4.75. The van der Waals surface area contributed by atoms with Gasteiger partial charge < -0.3 is 15.3 Å². The molecule has 1 aliphatic rings. The molecule has 0 aliphatic carbocycles. The van der Waals surface area contributed by atoms with Crippen molar-refractivity contribution >= 4 is 5.82 Å². The van der Waals surface area contributed by atoms with Crippen LogP contribution in [-0.2, 0) is 0 Å². The Morgan fingerprint density at radius 2 is 2.44 bits per heavy atom. The van der Waals surface area contributed by atoms with E-state index in [1.54, 1.807) is 12.3 Å². The van der Waals surface area contributed by atoms with Crippen LogP contribution in [0.25, 0.3) is 0 Å². The Labute approximate surface area is 107 Å². The minimum Gasteiger partial charge on any atom is -0.396 e. The molecule has 0 amide bonds. The summed E-state index contributed by atoms with van der Waals surface area (Å²) in [6, 6.07) is 2.98. The van der Waals surface area contributed by atoms with Crippen LogP contribution in [0.1, 0.15) is 12.8 Å². The number of hydrogen-bond donors (Lipinski definition) is 2. The van der Waals surface area contributed by atoms with E-state index in [1.807, 2.05) is 0 Å². The highest BCUT2D eigenvalue weighted by atomic mass is 19.1. The topological polar surface area (TPSA) is 48.4 Å². The monoisotopic (exact) mass is 253 g/mol. The molecule has 1 aromatic heterocycles. The maximum atomic E-state index is 13.3. The highest BCUT2D eigenvalue weighted by Gasteiger charge is 2.18. The second-order valence-corrected chi connectivity index (χ2v) is 4.75. The van der Waals surface area contributed by atoms with Gasteiger partial charge in [-0.2, -0.15) is 0 Å².